The lowest BCUT2D eigenvalue weighted by Gasteiger charge is -2.20. The number of sulfonamides is 1. The summed E-state index contributed by atoms with van der Waals surface area (Å²) in [6.07, 6.45) is 3.90. The number of carbonyl (C=O) groups is 1. The third kappa shape index (κ3) is 5.15. The number of rotatable bonds is 5. The molecule has 1 saturated heterocycles. The molecule has 4 aromatic rings. The van der Waals surface area contributed by atoms with Crippen molar-refractivity contribution in [2.24, 2.45) is 0 Å². The lowest BCUT2D eigenvalue weighted by atomic mass is 10.2. The molecular formula is C27H27N3O3S2. The first kappa shape index (κ1) is 23.7. The topological polar surface area (TPSA) is 79.4 Å². The molecule has 3 aromatic carbocycles. The van der Waals surface area contributed by atoms with E-state index in [9.17, 15) is 13.2 Å². The van der Waals surface area contributed by atoms with E-state index in [1.807, 2.05) is 30.3 Å². The standard InChI is InChI=1S/C27H27N3O3S2/c1-19-6-15-24-25(18-19)34-27(29-24)21-7-11-22(12-8-21)28-26(31)20-9-13-23(14-10-20)35(32,33)30-16-4-2-3-5-17-30/h6-15,18H,2-5,16-17H2,1H3,(H,28,31). The molecule has 6 nitrogen and oxygen atoms in total. The average Bonchev–Trinajstić information content (AvgIpc) is 3.08. The second-order valence-electron chi connectivity index (χ2n) is 8.86. The van der Waals surface area contributed by atoms with Crippen molar-refractivity contribution in [3.63, 3.8) is 0 Å². The number of fused-ring (bicyclic) bond motifs is 1. The molecule has 1 aliphatic heterocycles. The Balaban J connectivity index is 1.27. The van der Waals surface area contributed by atoms with Gasteiger partial charge in [0.05, 0.1) is 15.1 Å². The maximum atomic E-state index is 13.0. The molecule has 0 unspecified atom stereocenters. The third-order valence-electron chi connectivity index (χ3n) is 6.25. The summed E-state index contributed by atoms with van der Waals surface area (Å²) in [4.78, 5) is 17.7. The Morgan fingerprint density at radius 2 is 1.60 bits per heavy atom. The minimum absolute atomic E-state index is 0.228. The normalized spacial score (nSPS) is 15.1. The molecule has 2 heterocycles. The molecule has 0 saturated carbocycles. The van der Waals surface area contributed by atoms with Crippen LogP contribution in [0.2, 0.25) is 0 Å². The van der Waals surface area contributed by atoms with Gasteiger partial charge in [0.1, 0.15) is 5.01 Å². The van der Waals surface area contributed by atoms with Gasteiger partial charge in [-0.2, -0.15) is 4.31 Å². The van der Waals surface area contributed by atoms with E-state index in [1.165, 1.54) is 17.7 Å². The van der Waals surface area contributed by atoms with Gasteiger partial charge in [0.2, 0.25) is 10.0 Å². The van der Waals surface area contributed by atoms with E-state index < -0.39 is 10.0 Å². The minimum atomic E-state index is -3.53. The number of amides is 1. The summed E-state index contributed by atoms with van der Waals surface area (Å²) >= 11 is 1.64. The van der Waals surface area contributed by atoms with E-state index in [-0.39, 0.29) is 10.8 Å². The number of hydrogen-bond acceptors (Lipinski definition) is 5. The van der Waals surface area contributed by atoms with Crippen molar-refractivity contribution in [2.75, 3.05) is 18.4 Å². The first-order chi connectivity index (χ1) is 16.9. The molecule has 1 fully saturated rings. The Labute approximate surface area is 209 Å². The number of aryl methyl sites for hydroxylation is 1. The van der Waals surface area contributed by atoms with Crippen LogP contribution in [0.15, 0.2) is 71.6 Å². The van der Waals surface area contributed by atoms with E-state index in [0.29, 0.717) is 24.3 Å². The summed E-state index contributed by atoms with van der Waals surface area (Å²) in [7, 11) is -3.53. The van der Waals surface area contributed by atoms with Crippen LogP contribution in [0.1, 0.15) is 41.6 Å². The molecule has 1 aromatic heterocycles. The molecule has 0 aliphatic carbocycles. The van der Waals surface area contributed by atoms with Crippen LogP contribution in [0.4, 0.5) is 5.69 Å². The van der Waals surface area contributed by atoms with E-state index in [0.717, 1.165) is 46.5 Å². The highest BCUT2D eigenvalue weighted by molar-refractivity contribution is 7.89. The van der Waals surface area contributed by atoms with Gasteiger partial charge in [-0.1, -0.05) is 18.9 Å². The van der Waals surface area contributed by atoms with E-state index in [4.69, 9.17) is 4.98 Å². The molecule has 180 valence electrons. The van der Waals surface area contributed by atoms with Gasteiger partial charge in [-0.25, -0.2) is 13.4 Å². The van der Waals surface area contributed by atoms with Gasteiger partial charge in [-0.05, 0) is 86.0 Å². The number of thiazole rings is 1. The zero-order valence-electron chi connectivity index (χ0n) is 19.5. The molecule has 5 rings (SSSR count). The Hall–Kier alpha value is -3.07. The van der Waals surface area contributed by atoms with Crippen LogP contribution >= 0.6 is 11.3 Å². The smallest absolute Gasteiger partial charge is 0.255 e. The largest absolute Gasteiger partial charge is 0.322 e. The molecule has 0 atom stereocenters. The number of hydrogen-bond donors (Lipinski definition) is 1. The van der Waals surface area contributed by atoms with Gasteiger partial charge in [0.15, 0.2) is 0 Å². The summed E-state index contributed by atoms with van der Waals surface area (Å²) in [5, 5.41) is 3.82. The summed E-state index contributed by atoms with van der Waals surface area (Å²) in [6, 6.07) is 20.0. The zero-order valence-corrected chi connectivity index (χ0v) is 21.2. The van der Waals surface area contributed by atoms with Gasteiger partial charge in [-0.15, -0.1) is 11.3 Å². The molecule has 35 heavy (non-hydrogen) atoms. The van der Waals surface area contributed by atoms with E-state index in [1.54, 1.807) is 27.8 Å². The molecule has 1 N–H and O–H groups in total. The van der Waals surface area contributed by atoms with Crippen LogP contribution in [-0.4, -0.2) is 36.7 Å². The van der Waals surface area contributed by atoms with Crippen LogP contribution in [0.3, 0.4) is 0 Å². The third-order valence-corrected chi connectivity index (χ3v) is 9.23. The number of benzene rings is 3. The first-order valence-electron chi connectivity index (χ1n) is 11.8. The van der Waals surface area contributed by atoms with Crippen LogP contribution < -0.4 is 5.32 Å². The number of anilines is 1. The highest BCUT2D eigenvalue weighted by atomic mass is 32.2. The predicted molar refractivity (Wildman–Crippen MR) is 141 cm³/mol. The van der Waals surface area contributed by atoms with Crippen molar-refractivity contribution in [1.29, 1.82) is 0 Å². The van der Waals surface area contributed by atoms with Crippen molar-refractivity contribution in [1.82, 2.24) is 9.29 Å². The number of nitrogens with zero attached hydrogens (tertiary/aromatic N) is 2. The van der Waals surface area contributed by atoms with E-state index >= 15 is 0 Å². The fourth-order valence-electron chi connectivity index (χ4n) is 4.26. The van der Waals surface area contributed by atoms with Gasteiger partial charge < -0.3 is 5.32 Å². The maximum absolute atomic E-state index is 13.0. The van der Waals surface area contributed by atoms with E-state index in [2.05, 4.69) is 24.4 Å². The summed E-state index contributed by atoms with van der Waals surface area (Å²) in [5.74, 6) is -0.285. The van der Waals surface area contributed by atoms with Gasteiger partial charge in [0.25, 0.3) is 5.91 Å². The Morgan fingerprint density at radius 1 is 0.914 bits per heavy atom. The second kappa shape index (κ2) is 9.89. The molecule has 0 spiro atoms. The molecule has 8 heteroatoms. The molecule has 1 amide bonds. The Bertz CT molecular complexity index is 1450. The maximum Gasteiger partial charge on any atom is 0.255 e. The van der Waals surface area contributed by atoms with Gasteiger partial charge in [-0.3, -0.25) is 4.79 Å². The number of aromatic nitrogens is 1. The predicted octanol–water partition coefficient (Wildman–Crippen LogP) is 6.09. The summed E-state index contributed by atoms with van der Waals surface area (Å²) in [5.41, 5.74) is 4.25. The fourth-order valence-corrected chi connectivity index (χ4v) is 6.85. The van der Waals surface area contributed by atoms with Crippen molar-refractivity contribution in [3.8, 4) is 10.6 Å². The van der Waals surface area contributed by atoms with Crippen LogP contribution in [-0.2, 0) is 10.0 Å². The van der Waals surface area contributed by atoms with Crippen molar-refractivity contribution < 1.29 is 13.2 Å². The summed E-state index contributed by atoms with van der Waals surface area (Å²) in [6.45, 7) is 3.17. The zero-order chi connectivity index (χ0) is 24.4. The minimum Gasteiger partial charge on any atom is -0.322 e. The van der Waals surface area contributed by atoms with Crippen molar-refractivity contribution in [2.45, 2.75) is 37.5 Å². The summed E-state index contributed by atoms with van der Waals surface area (Å²) < 4.78 is 28.6. The highest BCUT2D eigenvalue weighted by Crippen LogP contribution is 2.31. The average molecular weight is 506 g/mol. The highest BCUT2D eigenvalue weighted by Gasteiger charge is 2.25. The molecular weight excluding hydrogens is 478 g/mol. The van der Waals surface area contributed by atoms with Crippen LogP contribution in [0.5, 0.6) is 0 Å². The fraction of sp³-hybridized carbons (Fsp3) is 0.259. The number of carbonyl (C=O) groups excluding carboxylic acids is 1. The Kier molecular flexibility index (Phi) is 6.69. The van der Waals surface area contributed by atoms with Crippen LogP contribution in [0.25, 0.3) is 20.8 Å². The lowest BCUT2D eigenvalue weighted by Crippen LogP contribution is -2.31. The van der Waals surface area contributed by atoms with Gasteiger partial charge in [0, 0.05) is 29.9 Å². The molecule has 0 radical (unpaired) electrons. The molecule has 0 bridgehead atoms. The lowest BCUT2D eigenvalue weighted by molar-refractivity contribution is 0.102. The quantitative estimate of drug-likeness (QED) is 0.356. The van der Waals surface area contributed by atoms with Crippen molar-refractivity contribution >= 4 is 43.2 Å². The van der Waals surface area contributed by atoms with Crippen molar-refractivity contribution in [3.05, 3.63) is 77.9 Å². The molecule has 1 aliphatic rings. The number of nitrogens with one attached hydrogen (secondary N) is 1. The van der Waals surface area contributed by atoms with Crippen LogP contribution in [0, 0.1) is 6.92 Å². The SMILES string of the molecule is Cc1ccc2nc(-c3ccc(NC(=O)c4ccc(S(=O)(=O)N5CCCCCC5)cc4)cc3)sc2c1. The monoisotopic (exact) mass is 505 g/mol. The second-order valence-corrected chi connectivity index (χ2v) is 11.8. The van der Waals surface area contributed by atoms with Gasteiger partial charge >= 0.3 is 0 Å². The first-order valence-corrected chi connectivity index (χ1v) is 14.0. The Morgan fingerprint density at radius 3 is 2.29 bits per heavy atom.